The van der Waals surface area contributed by atoms with E-state index in [4.69, 9.17) is 16.3 Å². The largest absolute Gasteiger partial charge is 0.480 e. The molecule has 1 heterocycles. The monoisotopic (exact) mass is 343 g/mol. The van der Waals surface area contributed by atoms with Crippen molar-refractivity contribution in [2.24, 2.45) is 0 Å². The minimum Gasteiger partial charge on any atom is -0.480 e. The van der Waals surface area contributed by atoms with E-state index < -0.39 is 29.1 Å². The number of carboxylic acids is 1. The SMILES string of the molecule is CC(C)(C)OC(=O)N1[C@H](C(=O)O)CS[C@H]1c1ccc(Cl)cc1. The Balaban J connectivity index is 2.30. The Morgan fingerprint density at radius 1 is 1.32 bits per heavy atom. The zero-order valence-electron chi connectivity index (χ0n) is 12.6. The second-order valence-corrected chi connectivity index (χ2v) is 7.53. The molecule has 1 amide bonds. The molecule has 2 rings (SSSR count). The normalized spacial score (nSPS) is 21.7. The molecule has 0 radical (unpaired) electrons. The quantitative estimate of drug-likeness (QED) is 0.885. The molecule has 1 N–H and O–H groups in total. The van der Waals surface area contributed by atoms with Crippen LogP contribution in [0.15, 0.2) is 24.3 Å². The van der Waals surface area contributed by atoms with Crippen LogP contribution in [-0.2, 0) is 9.53 Å². The van der Waals surface area contributed by atoms with Gasteiger partial charge in [0.1, 0.15) is 17.0 Å². The molecule has 0 aliphatic carbocycles. The van der Waals surface area contributed by atoms with Crippen LogP contribution in [0.25, 0.3) is 0 Å². The van der Waals surface area contributed by atoms with Gasteiger partial charge in [0.15, 0.2) is 0 Å². The number of rotatable bonds is 2. The first-order valence-corrected chi connectivity index (χ1v) is 8.23. The molecule has 0 spiro atoms. The zero-order valence-corrected chi connectivity index (χ0v) is 14.1. The number of carbonyl (C=O) groups excluding carboxylic acids is 1. The fourth-order valence-electron chi connectivity index (χ4n) is 2.12. The Kier molecular flexibility index (Phi) is 4.92. The highest BCUT2D eigenvalue weighted by molar-refractivity contribution is 7.99. The van der Waals surface area contributed by atoms with Crippen molar-refractivity contribution in [3.05, 3.63) is 34.9 Å². The molecule has 1 fully saturated rings. The van der Waals surface area contributed by atoms with Gasteiger partial charge in [-0.05, 0) is 38.5 Å². The van der Waals surface area contributed by atoms with Gasteiger partial charge in [-0.2, -0.15) is 0 Å². The summed E-state index contributed by atoms with van der Waals surface area (Å²) in [5.74, 6) is -0.711. The average Bonchev–Trinajstić information content (AvgIpc) is 2.82. The molecule has 1 saturated heterocycles. The molecule has 1 aromatic carbocycles. The Hall–Kier alpha value is -1.40. The van der Waals surface area contributed by atoms with Crippen LogP contribution in [0.1, 0.15) is 31.7 Å². The first-order valence-electron chi connectivity index (χ1n) is 6.80. The smallest absolute Gasteiger partial charge is 0.412 e. The number of ether oxygens (including phenoxy) is 1. The molecule has 1 aliphatic rings. The van der Waals surface area contributed by atoms with Gasteiger partial charge < -0.3 is 9.84 Å². The van der Waals surface area contributed by atoms with Crippen LogP contribution >= 0.6 is 23.4 Å². The van der Waals surface area contributed by atoms with E-state index in [1.807, 2.05) is 0 Å². The number of nitrogens with zero attached hydrogens (tertiary/aromatic N) is 1. The zero-order chi connectivity index (χ0) is 16.5. The lowest BCUT2D eigenvalue weighted by molar-refractivity contribution is -0.142. The number of hydrogen-bond acceptors (Lipinski definition) is 4. The summed E-state index contributed by atoms with van der Waals surface area (Å²) in [5.41, 5.74) is 0.141. The van der Waals surface area contributed by atoms with Crippen molar-refractivity contribution in [3.63, 3.8) is 0 Å². The molecule has 0 bridgehead atoms. The Labute approximate surface area is 138 Å². The van der Waals surface area contributed by atoms with Gasteiger partial charge in [0.05, 0.1) is 0 Å². The molecule has 0 unspecified atom stereocenters. The van der Waals surface area contributed by atoms with Gasteiger partial charge >= 0.3 is 12.1 Å². The van der Waals surface area contributed by atoms with E-state index in [2.05, 4.69) is 0 Å². The van der Waals surface area contributed by atoms with E-state index in [-0.39, 0.29) is 0 Å². The van der Waals surface area contributed by atoms with Gasteiger partial charge in [0.25, 0.3) is 0 Å². The second kappa shape index (κ2) is 6.38. The van der Waals surface area contributed by atoms with Crippen LogP contribution in [0, 0.1) is 0 Å². The molecule has 0 aromatic heterocycles. The third-order valence-corrected chi connectivity index (χ3v) is 4.62. The second-order valence-electron chi connectivity index (χ2n) is 5.98. The number of hydrogen-bond donors (Lipinski definition) is 1. The van der Waals surface area contributed by atoms with Crippen molar-refractivity contribution in [2.75, 3.05) is 5.75 Å². The van der Waals surface area contributed by atoms with Gasteiger partial charge in [-0.25, -0.2) is 9.59 Å². The number of aliphatic carboxylic acids is 1. The third-order valence-electron chi connectivity index (χ3n) is 3.04. The lowest BCUT2D eigenvalue weighted by atomic mass is 10.2. The van der Waals surface area contributed by atoms with E-state index in [9.17, 15) is 14.7 Å². The standard InChI is InChI=1S/C15H18ClNO4S/c1-15(2,3)21-14(20)17-11(13(18)19)8-22-12(17)9-4-6-10(16)7-5-9/h4-7,11-12H,8H2,1-3H3,(H,18,19)/t11-,12-/m0/s1. The van der Waals surface area contributed by atoms with Crippen molar-refractivity contribution >= 4 is 35.4 Å². The maximum absolute atomic E-state index is 12.4. The minimum atomic E-state index is -1.03. The van der Waals surface area contributed by atoms with E-state index in [1.165, 1.54) is 16.7 Å². The van der Waals surface area contributed by atoms with Crippen LogP contribution in [0.4, 0.5) is 4.79 Å². The van der Waals surface area contributed by atoms with Gasteiger partial charge in [-0.3, -0.25) is 4.90 Å². The molecule has 7 heteroatoms. The summed E-state index contributed by atoms with van der Waals surface area (Å²) in [6, 6.07) is 6.13. The Bertz CT molecular complexity index is 570. The summed E-state index contributed by atoms with van der Waals surface area (Å²) in [5, 5.41) is 9.55. The van der Waals surface area contributed by atoms with Crippen LogP contribution in [0.5, 0.6) is 0 Å². The summed E-state index contributed by atoms with van der Waals surface area (Å²) >= 11 is 7.28. The predicted molar refractivity (Wildman–Crippen MR) is 86.1 cm³/mol. The van der Waals surface area contributed by atoms with Crippen molar-refractivity contribution in [2.45, 2.75) is 37.8 Å². The molecule has 0 saturated carbocycles. The molecular formula is C15H18ClNO4S. The number of carbonyl (C=O) groups is 2. The maximum atomic E-state index is 12.4. The third kappa shape index (κ3) is 3.87. The van der Waals surface area contributed by atoms with Crippen molar-refractivity contribution < 1.29 is 19.4 Å². The van der Waals surface area contributed by atoms with Gasteiger partial charge in [0, 0.05) is 10.8 Å². The summed E-state index contributed by atoms with van der Waals surface area (Å²) in [6.07, 6.45) is -0.621. The van der Waals surface area contributed by atoms with Gasteiger partial charge in [-0.15, -0.1) is 11.8 Å². The predicted octanol–water partition coefficient (Wildman–Crippen LogP) is 3.78. The van der Waals surface area contributed by atoms with E-state index >= 15 is 0 Å². The summed E-state index contributed by atoms with van der Waals surface area (Å²) < 4.78 is 5.36. The summed E-state index contributed by atoms with van der Waals surface area (Å²) in [4.78, 5) is 25.1. The topological polar surface area (TPSA) is 66.8 Å². The van der Waals surface area contributed by atoms with E-state index in [1.54, 1.807) is 45.0 Å². The molecule has 120 valence electrons. The van der Waals surface area contributed by atoms with Crippen LogP contribution < -0.4 is 0 Å². The lowest BCUT2D eigenvalue weighted by Gasteiger charge is -2.30. The number of thioether (sulfide) groups is 1. The van der Waals surface area contributed by atoms with Gasteiger partial charge in [-0.1, -0.05) is 23.7 Å². The molecule has 1 aliphatic heterocycles. The highest BCUT2D eigenvalue weighted by atomic mass is 35.5. The number of amides is 1. The fraction of sp³-hybridized carbons (Fsp3) is 0.467. The fourth-order valence-corrected chi connectivity index (χ4v) is 3.66. The number of benzene rings is 1. The molecule has 5 nitrogen and oxygen atoms in total. The van der Waals surface area contributed by atoms with Crippen LogP contribution in [0.2, 0.25) is 5.02 Å². The molecule has 2 atom stereocenters. The number of carboxylic acid groups (broad SMARTS) is 1. The minimum absolute atomic E-state index is 0.321. The first-order chi connectivity index (χ1) is 10.2. The highest BCUT2D eigenvalue weighted by Crippen LogP contribution is 2.42. The van der Waals surface area contributed by atoms with Gasteiger partial charge in [0.2, 0.25) is 0 Å². The highest BCUT2D eigenvalue weighted by Gasteiger charge is 2.44. The Morgan fingerprint density at radius 3 is 2.41 bits per heavy atom. The van der Waals surface area contributed by atoms with Crippen LogP contribution in [0.3, 0.4) is 0 Å². The van der Waals surface area contributed by atoms with Crippen molar-refractivity contribution in [3.8, 4) is 0 Å². The average molecular weight is 344 g/mol. The molecular weight excluding hydrogens is 326 g/mol. The molecule has 22 heavy (non-hydrogen) atoms. The van der Waals surface area contributed by atoms with E-state index in [0.29, 0.717) is 10.8 Å². The van der Waals surface area contributed by atoms with Crippen LogP contribution in [-0.4, -0.2) is 39.5 Å². The Morgan fingerprint density at radius 2 is 1.91 bits per heavy atom. The lowest BCUT2D eigenvalue weighted by Crippen LogP contribution is -2.45. The first kappa shape index (κ1) is 17.0. The van der Waals surface area contributed by atoms with Crippen molar-refractivity contribution in [1.29, 1.82) is 0 Å². The van der Waals surface area contributed by atoms with Crippen molar-refractivity contribution in [1.82, 2.24) is 4.90 Å². The molecule has 1 aromatic rings. The summed E-state index contributed by atoms with van der Waals surface area (Å²) in [7, 11) is 0. The van der Waals surface area contributed by atoms with E-state index in [0.717, 1.165) is 5.56 Å². The number of halogens is 1. The summed E-state index contributed by atoms with van der Waals surface area (Å²) in [6.45, 7) is 5.25. The maximum Gasteiger partial charge on any atom is 0.412 e.